The number of hydrogen-bond acceptors (Lipinski definition) is 5. The standard InChI is InChI=1S/C13H14BrN3O2/c1-15-13-11(14)7-16-12(17-13)8-4-9(18-2)6-10(5-8)19-3/h4-7H,1-3H3,(H,15,16,17). The SMILES string of the molecule is CNc1nc(-c2cc(OC)cc(OC)c2)ncc1Br. The van der Waals surface area contributed by atoms with Crippen LogP contribution in [0.15, 0.2) is 28.9 Å². The molecule has 5 nitrogen and oxygen atoms in total. The van der Waals surface area contributed by atoms with Crippen LogP contribution in [0, 0.1) is 0 Å². The molecule has 1 aromatic heterocycles. The third kappa shape index (κ3) is 2.96. The molecule has 0 aliphatic heterocycles. The van der Waals surface area contributed by atoms with Gasteiger partial charge in [-0.15, -0.1) is 0 Å². The van der Waals surface area contributed by atoms with E-state index < -0.39 is 0 Å². The molecule has 0 fully saturated rings. The van der Waals surface area contributed by atoms with E-state index in [1.807, 2.05) is 19.2 Å². The highest BCUT2D eigenvalue weighted by molar-refractivity contribution is 9.10. The molecule has 2 rings (SSSR count). The third-order valence-electron chi connectivity index (χ3n) is 2.59. The topological polar surface area (TPSA) is 56.3 Å². The Labute approximate surface area is 120 Å². The number of ether oxygens (including phenoxy) is 2. The van der Waals surface area contributed by atoms with Crippen molar-refractivity contribution < 1.29 is 9.47 Å². The molecule has 0 saturated carbocycles. The number of methoxy groups -OCH3 is 2. The number of rotatable bonds is 4. The molecule has 1 heterocycles. The van der Waals surface area contributed by atoms with Crippen molar-refractivity contribution in [1.82, 2.24) is 9.97 Å². The van der Waals surface area contributed by atoms with E-state index in [1.165, 1.54) is 0 Å². The van der Waals surface area contributed by atoms with Gasteiger partial charge in [-0.25, -0.2) is 9.97 Å². The van der Waals surface area contributed by atoms with Crippen LogP contribution in [0.4, 0.5) is 5.82 Å². The average molecular weight is 324 g/mol. The van der Waals surface area contributed by atoms with E-state index in [2.05, 4.69) is 31.2 Å². The summed E-state index contributed by atoms with van der Waals surface area (Å²) in [5, 5.41) is 3.00. The first-order valence-corrected chi connectivity index (χ1v) is 6.41. The van der Waals surface area contributed by atoms with E-state index in [0.29, 0.717) is 17.3 Å². The highest BCUT2D eigenvalue weighted by Gasteiger charge is 2.09. The van der Waals surface area contributed by atoms with Gasteiger partial charge < -0.3 is 14.8 Å². The van der Waals surface area contributed by atoms with E-state index in [0.717, 1.165) is 15.9 Å². The Morgan fingerprint density at radius 2 is 1.74 bits per heavy atom. The lowest BCUT2D eigenvalue weighted by atomic mass is 10.2. The van der Waals surface area contributed by atoms with Crippen molar-refractivity contribution in [2.75, 3.05) is 26.6 Å². The minimum atomic E-state index is 0.602. The van der Waals surface area contributed by atoms with Crippen LogP contribution in [0.2, 0.25) is 0 Å². The largest absolute Gasteiger partial charge is 0.497 e. The minimum absolute atomic E-state index is 0.602. The summed E-state index contributed by atoms with van der Waals surface area (Å²) in [5.41, 5.74) is 0.834. The summed E-state index contributed by atoms with van der Waals surface area (Å²) in [6.45, 7) is 0. The molecule has 19 heavy (non-hydrogen) atoms. The van der Waals surface area contributed by atoms with Crippen LogP contribution in [0.1, 0.15) is 0 Å². The van der Waals surface area contributed by atoms with Crippen molar-refractivity contribution in [2.45, 2.75) is 0 Å². The molecule has 2 aromatic rings. The van der Waals surface area contributed by atoms with Crippen molar-refractivity contribution in [3.8, 4) is 22.9 Å². The molecule has 0 bridgehead atoms. The first-order chi connectivity index (χ1) is 9.17. The van der Waals surface area contributed by atoms with Gasteiger partial charge in [-0.05, 0) is 28.1 Å². The normalized spacial score (nSPS) is 10.1. The number of benzene rings is 1. The van der Waals surface area contributed by atoms with Gasteiger partial charge in [0.2, 0.25) is 0 Å². The van der Waals surface area contributed by atoms with Gasteiger partial charge in [-0.3, -0.25) is 0 Å². The maximum absolute atomic E-state index is 5.24. The fourth-order valence-corrected chi connectivity index (χ4v) is 2.01. The fraction of sp³-hybridized carbons (Fsp3) is 0.231. The second-order valence-electron chi connectivity index (χ2n) is 3.74. The van der Waals surface area contributed by atoms with E-state index in [4.69, 9.17) is 9.47 Å². The molecule has 0 spiro atoms. The van der Waals surface area contributed by atoms with Crippen LogP contribution in [0.25, 0.3) is 11.4 Å². The Bertz CT molecular complexity index is 568. The van der Waals surface area contributed by atoms with Gasteiger partial charge in [0.25, 0.3) is 0 Å². The molecule has 0 radical (unpaired) electrons. The predicted octanol–water partition coefficient (Wildman–Crippen LogP) is 2.97. The van der Waals surface area contributed by atoms with Crippen LogP contribution < -0.4 is 14.8 Å². The lowest BCUT2D eigenvalue weighted by molar-refractivity contribution is 0.394. The number of nitrogens with zero attached hydrogens (tertiary/aromatic N) is 2. The summed E-state index contributed by atoms with van der Waals surface area (Å²) in [7, 11) is 5.03. The number of aromatic nitrogens is 2. The summed E-state index contributed by atoms with van der Waals surface area (Å²) in [4.78, 5) is 8.73. The second-order valence-corrected chi connectivity index (χ2v) is 4.60. The van der Waals surface area contributed by atoms with Crippen LogP contribution in [-0.2, 0) is 0 Å². The molecule has 100 valence electrons. The Morgan fingerprint density at radius 1 is 1.11 bits per heavy atom. The monoisotopic (exact) mass is 323 g/mol. The quantitative estimate of drug-likeness (QED) is 0.937. The molecular formula is C13H14BrN3O2. The molecule has 0 unspecified atom stereocenters. The summed E-state index contributed by atoms with van der Waals surface area (Å²) in [6.07, 6.45) is 1.71. The first kappa shape index (κ1) is 13.6. The Hall–Kier alpha value is -1.82. The maximum atomic E-state index is 5.24. The van der Waals surface area contributed by atoms with Gasteiger partial charge in [0, 0.05) is 24.9 Å². The van der Waals surface area contributed by atoms with Crippen LogP contribution in [0.3, 0.4) is 0 Å². The van der Waals surface area contributed by atoms with Gasteiger partial charge in [-0.1, -0.05) is 0 Å². The molecule has 1 N–H and O–H groups in total. The maximum Gasteiger partial charge on any atom is 0.161 e. The first-order valence-electron chi connectivity index (χ1n) is 5.61. The van der Waals surface area contributed by atoms with E-state index in [-0.39, 0.29) is 0 Å². The number of halogens is 1. The third-order valence-corrected chi connectivity index (χ3v) is 3.17. The van der Waals surface area contributed by atoms with Crippen molar-refractivity contribution in [2.24, 2.45) is 0 Å². The molecule has 0 amide bonds. The molecule has 0 atom stereocenters. The van der Waals surface area contributed by atoms with E-state index >= 15 is 0 Å². The Balaban J connectivity index is 2.51. The van der Waals surface area contributed by atoms with Gasteiger partial charge in [0.15, 0.2) is 5.82 Å². The Morgan fingerprint density at radius 3 is 2.26 bits per heavy atom. The van der Waals surface area contributed by atoms with Crippen LogP contribution in [-0.4, -0.2) is 31.2 Å². The second kappa shape index (κ2) is 5.88. The number of anilines is 1. The zero-order chi connectivity index (χ0) is 13.8. The highest BCUT2D eigenvalue weighted by Crippen LogP contribution is 2.29. The lowest BCUT2D eigenvalue weighted by Crippen LogP contribution is -1.98. The van der Waals surface area contributed by atoms with Crippen molar-refractivity contribution in [3.63, 3.8) is 0 Å². The van der Waals surface area contributed by atoms with E-state index in [9.17, 15) is 0 Å². The van der Waals surface area contributed by atoms with E-state index in [1.54, 1.807) is 26.5 Å². The fourth-order valence-electron chi connectivity index (χ4n) is 1.62. The molecule has 1 aromatic carbocycles. The average Bonchev–Trinajstić information content (AvgIpc) is 2.47. The van der Waals surface area contributed by atoms with Crippen molar-refractivity contribution >= 4 is 21.7 Å². The summed E-state index contributed by atoms with van der Waals surface area (Å²) in [5.74, 6) is 2.73. The summed E-state index contributed by atoms with van der Waals surface area (Å²) < 4.78 is 11.3. The lowest BCUT2D eigenvalue weighted by Gasteiger charge is -2.09. The zero-order valence-electron chi connectivity index (χ0n) is 10.9. The zero-order valence-corrected chi connectivity index (χ0v) is 12.5. The van der Waals surface area contributed by atoms with Crippen molar-refractivity contribution in [3.05, 3.63) is 28.9 Å². The van der Waals surface area contributed by atoms with Gasteiger partial charge in [0.1, 0.15) is 17.3 Å². The van der Waals surface area contributed by atoms with Crippen LogP contribution >= 0.6 is 15.9 Å². The smallest absolute Gasteiger partial charge is 0.161 e. The molecule has 0 aliphatic carbocycles. The minimum Gasteiger partial charge on any atom is -0.497 e. The molecule has 0 aliphatic rings. The number of nitrogens with one attached hydrogen (secondary N) is 1. The number of hydrogen-bond donors (Lipinski definition) is 1. The van der Waals surface area contributed by atoms with Crippen LogP contribution in [0.5, 0.6) is 11.5 Å². The summed E-state index contributed by atoms with van der Waals surface area (Å²) >= 11 is 3.38. The molecule has 0 saturated heterocycles. The van der Waals surface area contributed by atoms with Gasteiger partial charge in [-0.2, -0.15) is 0 Å². The molecule has 6 heteroatoms. The predicted molar refractivity (Wildman–Crippen MR) is 77.8 cm³/mol. The van der Waals surface area contributed by atoms with Gasteiger partial charge >= 0.3 is 0 Å². The highest BCUT2D eigenvalue weighted by atomic mass is 79.9. The van der Waals surface area contributed by atoms with Crippen molar-refractivity contribution in [1.29, 1.82) is 0 Å². The van der Waals surface area contributed by atoms with Gasteiger partial charge in [0.05, 0.1) is 18.7 Å². The Kier molecular flexibility index (Phi) is 4.21. The molecular weight excluding hydrogens is 310 g/mol. The summed E-state index contributed by atoms with van der Waals surface area (Å²) in [6, 6.07) is 5.54.